The van der Waals surface area contributed by atoms with E-state index in [1.54, 1.807) is 0 Å². The minimum Gasteiger partial charge on any atom is -0.489 e. The first-order valence-electron chi connectivity index (χ1n) is 20.8. The molecule has 0 bridgehead atoms. The predicted molar refractivity (Wildman–Crippen MR) is 250 cm³/mol. The Morgan fingerprint density at radius 1 is 0.603 bits per heavy atom. The quantitative estimate of drug-likeness (QED) is 0.162. The van der Waals surface area contributed by atoms with E-state index < -0.39 is 0 Å². The van der Waals surface area contributed by atoms with E-state index in [1.807, 2.05) is 11.3 Å². The third kappa shape index (κ3) is 5.67. The maximum atomic E-state index is 6.61. The Bertz CT molecular complexity index is 3130. The number of allylic oxidation sites excluding steroid dienone is 7. The molecule has 1 aromatic heterocycles. The van der Waals surface area contributed by atoms with Crippen molar-refractivity contribution in [2.45, 2.75) is 59.5 Å². The number of nitrogens with zero attached hydrogens (tertiary/aromatic N) is 1. The topological polar surface area (TPSA) is 12.5 Å². The average molecular weight is 768 g/mol. The molecule has 0 saturated heterocycles. The van der Waals surface area contributed by atoms with Crippen LogP contribution in [0.15, 0.2) is 157 Å². The van der Waals surface area contributed by atoms with E-state index in [2.05, 4.69) is 171 Å². The highest BCUT2D eigenvalue weighted by Crippen LogP contribution is 2.48. The summed E-state index contributed by atoms with van der Waals surface area (Å²) in [5.41, 5.74) is 16.8. The molecule has 2 heterocycles. The third-order valence-electron chi connectivity index (χ3n) is 12.8. The average Bonchev–Trinajstić information content (AvgIpc) is 3.44. The maximum Gasteiger partial charge on any atom is 0.123 e. The number of hydrogen-bond donors (Lipinski definition) is 0. The summed E-state index contributed by atoms with van der Waals surface area (Å²) in [7, 11) is 0. The summed E-state index contributed by atoms with van der Waals surface area (Å²) in [5.74, 6) is 1.03. The van der Waals surface area contributed by atoms with E-state index in [1.165, 1.54) is 103 Å². The molecule has 0 spiro atoms. The van der Waals surface area contributed by atoms with Crippen LogP contribution >= 0.6 is 11.3 Å². The fraction of sp³-hybridized carbons (Fsp3) is 0.164. The number of hydrogen-bond acceptors (Lipinski definition) is 3. The lowest BCUT2D eigenvalue weighted by atomic mass is 9.82. The molecular formula is C55H45NOS. The Hall–Kier alpha value is -6.16. The molecular weight excluding hydrogens is 723 g/mol. The Kier molecular flexibility index (Phi) is 8.48. The second-order valence-corrected chi connectivity index (χ2v) is 17.4. The summed E-state index contributed by atoms with van der Waals surface area (Å²) in [4.78, 5) is 2.50. The standard InChI is InChI=1S/C55H45NOS/c1-34-14-7-9-16-41(34)47-30-38-25-24-37-26-27-39(31-48(37)55(38)54(36(47)3)42-17-10-8-15-35(42)2)56(40-28-29-46-45-19-11-12-23-52(45)58-53(46)32-40)50-21-13-20-43-44-18-5-4-6-22-51(44)57-33-49(43)50/h6,8-13,15-17,19-32H,4-5,7,14,18,33H2,1-3H3. The van der Waals surface area contributed by atoms with E-state index in [0.717, 1.165) is 49.2 Å². The lowest BCUT2D eigenvalue weighted by molar-refractivity contribution is 0.207. The molecule has 282 valence electrons. The molecule has 58 heavy (non-hydrogen) atoms. The summed E-state index contributed by atoms with van der Waals surface area (Å²) >= 11 is 1.87. The minimum atomic E-state index is 0.538. The summed E-state index contributed by atoms with van der Waals surface area (Å²) < 4.78 is 9.22. The van der Waals surface area contributed by atoms with Crippen molar-refractivity contribution in [2.75, 3.05) is 4.90 Å². The van der Waals surface area contributed by atoms with Crippen LogP contribution in [0.4, 0.5) is 17.1 Å². The third-order valence-corrected chi connectivity index (χ3v) is 14.0. The van der Waals surface area contributed by atoms with Crippen molar-refractivity contribution in [3.05, 3.63) is 185 Å². The van der Waals surface area contributed by atoms with E-state index in [9.17, 15) is 0 Å². The van der Waals surface area contributed by atoms with Gasteiger partial charge in [0.2, 0.25) is 0 Å². The van der Waals surface area contributed by atoms with E-state index in [4.69, 9.17) is 4.74 Å². The molecule has 3 aliphatic rings. The number of benzene rings is 7. The summed E-state index contributed by atoms with van der Waals surface area (Å²) in [6, 6.07) is 45.8. The van der Waals surface area contributed by atoms with Crippen LogP contribution in [0.5, 0.6) is 0 Å². The SMILES string of the molecule is CC1=C(c2cc3ccc4ccc(N(c5ccc6c(c5)sc5ccccc56)c5cccc6c5COC5=C6CCCC=C5)cc4c3c(-c3ccccc3C)c2C)C=CCC1. The highest BCUT2D eigenvalue weighted by Gasteiger charge is 2.27. The highest BCUT2D eigenvalue weighted by atomic mass is 32.1. The van der Waals surface area contributed by atoms with Crippen LogP contribution in [0, 0.1) is 13.8 Å². The molecule has 11 rings (SSSR count). The molecule has 2 nitrogen and oxygen atoms in total. The lowest BCUT2D eigenvalue weighted by Gasteiger charge is -2.32. The zero-order valence-electron chi connectivity index (χ0n) is 33.4. The largest absolute Gasteiger partial charge is 0.489 e. The Labute approximate surface area is 344 Å². The molecule has 3 heteroatoms. The van der Waals surface area contributed by atoms with Gasteiger partial charge in [-0.2, -0.15) is 0 Å². The van der Waals surface area contributed by atoms with Crippen LogP contribution in [0.1, 0.15) is 66.8 Å². The van der Waals surface area contributed by atoms with Gasteiger partial charge < -0.3 is 9.64 Å². The zero-order chi connectivity index (χ0) is 38.9. The smallest absolute Gasteiger partial charge is 0.123 e. The van der Waals surface area contributed by atoms with Crippen molar-refractivity contribution in [1.82, 2.24) is 0 Å². The summed E-state index contributed by atoms with van der Waals surface area (Å²) in [6.07, 6.45) is 14.6. The second-order valence-electron chi connectivity index (χ2n) is 16.3. The van der Waals surface area contributed by atoms with Crippen LogP contribution in [0.2, 0.25) is 0 Å². The van der Waals surface area contributed by atoms with Gasteiger partial charge >= 0.3 is 0 Å². The molecule has 2 aliphatic carbocycles. The van der Waals surface area contributed by atoms with Crippen LogP contribution in [0.25, 0.3) is 64.0 Å². The first-order valence-corrected chi connectivity index (χ1v) is 21.6. The van der Waals surface area contributed by atoms with Gasteiger partial charge in [0.15, 0.2) is 0 Å². The molecule has 7 aromatic carbocycles. The Morgan fingerprint density at radius 2 is 1.38 bits per heavy atom. The summed E-state index contributed by atoms with van der Waals surface area (Å²) in [5, 5.41) is 7.71. The van der Waals surface area contributed by atoms with E-state index in [-0.39, 0.29) is 0 Å². The number of ether oxygens (including phenoxy) is 1. The van der Waals surface area contributed by atoms with Gasteiger partial charge in [-0.1, -0.05) is 103 Å². The van der Waals surface area contributed by atoms with Crippen LogP contribution < -0.4 is 4.90 Å². The molecule has 8 aromatic rings. The van der Waals surface area contributed by atoms with Gasteiger partial charge in [-0.15, -0.1) is 11.3 Å². The van der Waals surface area contributed by atoms with Gasteiger partial charge in [-0.3, -0.25) is 0 Å². The van der Waals surface area contributed by atoms with Crippen LogP contribution in [-0.4, -0.2) is 0 Å². The van der Waals surface area contributed by atoms with Crippen molar-refractivity contribution < 1.29 is 4.74 Å². The van der Waals surface area contributed by atoms with Gasteiger partial charge in [0, 0.05) is 42.7 Å². The lowest BCUT2D eigenvalue weighted by Crippen LogP contribution is -2.16. The molecule has 1 aliphatic heterocycles. The minimum absolute atomic E-state index is 0.538. The highest BCUT2D eigenvalue weighted by molar-refractivity contribution is 7.25. The van der Waals surface area contributed by atoms with Gasteiger partial charge in [0.1, 0.15) is 12.4 Å². The Morgan fingerprint density at radius 3 is 2.29 bits per heavy atom. The Balaban J connectivity index is 1.19. The normalized spacial score (nSPS) is 15.3. The van der Waals surface area contributed by atoms with Crippen molar-refractivity contribution in [1.29, 1.82) is 0 Å². The van der Waals surface area contributed by atoms with E-state index >= 15 is 0 Å². The molecule has 0 N–H and O–H groups in total. The van der Waals surface area contributed by atoms with Gasteiger partial charge in [0.05, 0.1) is 5.69 Å². The first kappa shape index (κ1) is 35.0. The zero-order valence-corrected chi connectivity index (χ0v) is 34.2. The number of anilines is 3. The van der Waals surface area contributed by atoms with Gasteiger partial charge in [-0.25, -0.2) is 0 Å². The molecule has 0 fully saturated rings. The monoisotopic (exact) mass is 767 g/mol. The number of thiophene rings is 1. The maximum absolute atomic E-state index is 6.61. The van der Waals surface area contributed by atoms with Gasteiger partial charge in [-0.05, 0) is 162 Å². The van der Waals surface area contributed by atoms with Gasteiger partial charge in [0.25, 0.3) is 0 Å². The molecule has 0 unspecified atom stereocenters. The van der Waals surface area contributed by atoms with E-state index in [0.29, 0.717) is 6.61 Å². The fourth-order valence-corrected chi connectivity index (χ4v) is 11.0. The molecule has 0 amide bonds. The van der Waals surface area contributed by atoms with Crippen molar-refractivity contribution >= 4 is 81.3 Å². The number of fused-ring (bicyclic) bond motifs is 8. The molecule has 0 radical (unpaired) electrons. The first-order chi connectivity index (χ1) is 28.5. The van der Waals surface area contributed by atoms with Crippen molar-refractivity contribution in [3.8, 4) is 11.1 Å². The van der Waals surface area contributed by atoms with Crippen molar-refractivity contribution in [2.24, 2.45) is 0 Å². The predicted octanol–water partition coefficient (Wildman–Crippen LogP) is 16.2. The number of rotatable bonds is 5. The second kappa shape index (κ2) is 14.0. The number of aryl methyl sites for hydroxylation is 1. The molecule has 0 saturated carbocycles. The van der Waals surface area contributed by atoms with Crippen molar-refractivity contribution in [3.63, 3.8) is 0 Å². The van der Waals surface area contributed by atoms with Crippen LogP contribution in [0.3, 0.4) is 0 Å². The summed E-state index contributed by atoms with van der Waals surface area (Å²) in [6.45, 7) is 7.45. The fourth-order valence-electron chi connectivity index (χ4n) is 9.88. The van der Waals surface area contributed by atoms with Crippen LogP contribution in [-0.2, 0) is 11.3 Å². The molecule has 0 atom stereocenters.